The molecule has 1 fully saturated rings. The number of carbonyl (C=O) groups is 2. The summed E-state index contributed by atoms with van der Waals surface area (Å²) in [5, 5.41) is 11.2. The van der Waals surface area contributed by atoms with E-state index in [1.54, 1.807) is 36.4 Å². The molecule has 1 aliphatic rings. The number of hydrogen-bond donors (Lipinski definition) is 1. The van der Waals surface area contributed by atoms with Crippen molar-refractivity contribution in [2.45, 2.75) is 33.4 Å². The zero-order chi connectivity index (χ0) is 25.7. The maximum Gasteiger partial charge on any atom is 0.295 e. The SMILES string of the molecule is CCN(CC)CCN1C(=O)C(=O)C(=C(O)c2ccc(OCc3cccc(C)c3)cc2)C1c1ccco1. The van der Waals surface area contributed by atoms with Gasteiger partial charge in [-0.05, 0) is 62.0 Å². The van der Waals surface area contributed by atoms with Crippen molar-refractivity contribution >= 4 is 17.4 Å². The third-order valence-corrected chi connectivity index (χ3v) is 6.52. The highest BCUT2D eigenvalue weighted by molar-refractivity contribution is 6.46. The van der Waals surface area contributed by atoms with Gasteiger partial charge in [0.15, 0.2) is 0 Å². The van der Waals surface area contributed by atoms with Crippen molar-refractivity contribution in [2.24, 2.45) is 0 Å². The van der Waals surface area contributed by atoms with Crippen LogP contribution in [0, 0.1) is 6.92 Å². The van der Waals surface area contributed by atoms with Gasteiger partial charge in [0.05, 0.1) is 11.8 Å². The summed E-state index contributed by atoms with van der Waals surface area (Å²) in [7, 11) is 0. The number of Topliss-reactive ketones (excluding diaryl/α,β-unsaturated/α-hetero) is 1. The smallest absolute Gasteiger partial charge is 0.295 e. The number of carbonyl (C=O) groups excluding carboxylic acids is 2. The Morgan fingerprint density at radius 1 is 1.06 bits per heavy atom. The molecule has 4 rings (SSSR count). The minimum absolute atomic E-state index is 0.0305. The Morgan fingerprint density at radius 2 is 1.81 bits per heavy atom. The van der Waals surface area contributed by atoms with Gasteiger partial charge in [0.25, 0.3) is 11.7 Å². The Labute approximate surface area is 211 Å². The second-order valence-electron chi connectivity index (χ2n) is 8.84. The van der Waals surface area contributed by atoms with Gasteiger partial charge in [0, 0.05) is 18.7 Å². The van der Waals surface area contributed by atoms with Crippen molar-refractivity contribution < 1.29 is 23.8 Å². The summed E-state index contributed by atoms with van der Waals surface area (Å²) >= 11 is 0. The second kappa shape index (κ2) is 11.3. The zero-order valence-corrected chi connectivity index (χ0v) is 20.9. The van der Waals surface area contributed by atoms with Crippen molar-refractivity contribution in [2.75, 3.05) is 26.2 Å². The molecule has 0 bridgehead atoms. The van der Waals surface area contributed by atoms with Crippen molar-refractivity contribution in [3.05, 3.63) is 95.0 Å². The highest BCUT2D eigenvalue weighted by Crippen LogP contribution is 2.39. The molecule has 188 valence electrons. The first kappa shape index (κ1) is 25.3. The monoisotopic (exact) mass is 488 g/mol. The van der Waals surface area contributed by atoms with Crippen LogP contribution < -0.4 is 4.74 Å². The van der Waals surface area contributed by atoms with Gasteiger partial charge in [-0.2, -0.15) is 0 Å². The minimum Gasteiger partial charge on any atom is -0.507 e. The number of ether oxygens (including phenoxy) is 1. The molecule has 0 saturated carbocycles. The van der Waals surface area contributed by atoms with E-state index >= 15 is 0 Å². The van der Waals surface area contributed by atoms with Crippen LogP contribution in [0.3, 0.4) is 0 Å². The summed E-state index contributed by atoms with van der Waals surface area (Å²) in [6, 6.07) is 17.6. The predicted octanol–water partition coefficient (Wildman–Crippen LogP) is 4.93. The first-order chi connectivity index (χ1) is 17.4. The van der Waals surface area contributed by atoms with E-state index in [2.05, 4.69) is 24.8 Å². The van der Waals surface area contributed by atoms with Gasteiger partial charge in [-0.25, -0.2) is 0 Å². The van der Waals surface area contributed by atoms with Crippen LogP contribution in [-0.4, -0.2) is 52.8 Å². The lowest BCUT2D eigenvalue weighted by molar-refractivity contribution is -0.140. The van der Waals surface area contributed by atoms with E-state index in [0.717, 1.165) is 24.2 Å². The van der Waals surface area contributed by atoms with Crippen LogP contribution in [0.25, 0.3) is 5.76 Å². The molecule has 1 saturated heterocycles. The van der Waals surface area contributed by atoms with Crippen molar-refractivity contribution in [3.63, 3.8) is 0 Å². The number of benzene rings is 2. The number of likely N-dealkylation sites (N-methyl/N-ethyl adjacent to an activating group) is 1. The average molecular weight is 489 g/mol. The highest BCUT2D eigenvalue weighted by Gasteiger charge is 2.47. The van der Waals surface area contributed by atoms with E-state index < -0.39 is 17.7 Å². The number of ketones is 1. The molecular weight excluding hydrogens is 456 g/mol. The Kier molecular flexibility index (Phi) is 7.90. The lowest BCUT2D eigenvalue weighted by atomic mass is 9.99. The molecule has 0 spiro atoms. The summed E-state index contributed by atoms with van der Waals surface area (Å²) in [4.78, 5) is 29.7. The topological polar surface area (TPSA) is 83.2 Å². The molecule has 0 radical (unpaired) electrons. The van der Waals surface area contributed by atoms with Gasteiger partial charge in [0.2, 0.25) is 0 Å². The highest BCUT2D eigenvalue weighted by atomic mass is 16.5. The minimum atomic E-state index is -0.784. The summed E-state index contributed by atoms with van der Waals surface area (Å²) in [5.74, 6) is -0.509. The van der Waals surface area contributed by atoms with Gasteiger partial charge in [0.1, 0.15) is 29.9 Å². The Balaban J connectivity index is 1.59. The third-order valence-electron chi connectivity index (χ3n) is 6.52. The quantitative estimate of drug-likeness (QED) is 0.248. The Bertz CT molecular complexity index is 1230. The van der Waals surface area contributed by atoms with Crippen LogP contribution in [0.5, 0.6) is 5.75 Å². The van der Waals surface area contributed by atoms with Crippen LogP contribution in [0.15, 0.2) is 76.9 Å². The average Bonchev–Trinajstić information content (AvgIpc) is 3.50. The molecule has 7 nitrogen and oxygen atoms in total. The molecule has 2 aromatic carbocycles. The zero-order valence-electron chi connectivity index (χ0n) is 20.9. The lowest BCUT2D eigenvalue weighted by Gasteiger charge is -2.26. The number of aliphatic hydroxyl groups excluding tert-OH is 1. The van der Waals surface area contributed by atoms with E-state index in [9.17, 15) is 14.7 Å². The van der Waals surface area contributed by atoms with Gasteiger partial charge >= 0.3 is 0 Å². The lowest BCUT2D eigenvalue weighted by Crippen LogP contribution is -2.37. The predicted molar refractivity (Wildman–Crippen MR) is 137 cm³/mol. The molecule has 36 heavy (non-hydrogen) atoms. The molecule has 1 atom stereocenters. The van der Waals surface area contributed by atoms with Gasteiger partial charge < -0.3 is 24.1 Å². The van der Waals surface area contributed by atoms with Crippen LogP contribution in [0.2, 0.25) is 0 Å². The number of hydrogen-bond acceptors (Lipinski definition) is 6. The number of nitrogens with zero attached hydrogens (tertiary/aromatic N) is 2. The van der Waals surface area contributed by atoms with Crippen LogP contribution >= 0.6 is 0 Å². The molecule has 1 amide bonds. The molecule has 1 aromatic heterocycles. The first-order valence-corrected chi connectivity index (χ1v) is 12.3. The van der Waals surface area contributed by atoms with E-state index in [1.165, 1.54) is 11.2 Å². The van der Waals surface area contributed by atoms with Crippen molar-refractivity contribution in [1.82, 2.24) is 9.80 Å². The second-order valence-corrected chi connectivity index (χ2v) is 8.84. The van der Waals surface area contributed by atoms with Crippen LogP contribution in [0.4, 0.5) is 0 Å². The molecule has 3 aromatic rings. The fourth-order valence-corrected chi connectivity index (χ4v) is 4.48. The number of rotatable bonds is 10. The van der Waals surface area contributed by atoms with Crippen molar-refractivity contribution in [1.29, 1.82) is 0 Å². The van der Waals surface area contributed by atoms with Gasteiger partial charge in [-0.1, -0.05) is 43.7 Å². The van der Waals surface area contributed by atoms with Crippen molar-refractivity contribution in [3.8, 4) is 5.75 Å². The molecule has 1 N–H and O–H groups in total. The molecule has 0 aliphatic carbocycles. The van der Waals surface area contributed by atoms with Crippen LogP contribution in [-0.2, 0) is 16.2 Å². The summed E-state index contributed by atoms with van der Waals surface area (Å²) in [5.41, 5.74) is 2.68. The largest absolute Gasteiger partial charge is 0.507 e. The normalized spacial score (nSPS) is 17.2. The maximum atomic E-state index is 13.1. The van der Waals surface area contributed by atoms with Crippen LogP contribution in [0.1, 0.15) is 42.3 Å². The first-order valence-electron chi connectivity index (χ1n) is 12.3. The van der Waals surface area contributed by atoms with E-state index in [4.69, 9.17) is 9.15 Å². The Hall–Kier alpha value is -3.84. The van der Waals surface area contributed by atoms with E-state index in [0.29, 0.717) is 36.8 Å². The van der Waals surface area contributed by atoms with Gasteiger partial charge in [-0.3, -0.25) is 9.59 Å². The number of aliphatic hydroxyl groups is 1. The fraction of sp³-hybridized carbons (Fsp3) is 0.310. The standard InChI is InChI=1S/C29H32N2O5/c1-4-30(5-2)15-16-31-26(24-10-7-17-35-24)25(28(33)29(31)34)27(32)22-11-13-23(14-12-22)36-19-21-9-6-8-20(3)18-21/h6-14,17-18,26,32H,4-5,15-16,19H2,1-3H3. The number of likely N-dealkylation sites (tertiary alicyclic amines) is 1. The van der Waals surface area contributed by atoms with E-state index in [-0.39, 0.29) is 11.3 Å². The summed E-state index contributed by atoms with van der Waals surface area (Å²) < 4.78 is 11.5. The molecule has 1 aliphatic heterocycles. The summed E-state index contributed by atoms with van der Waals surface area (Å²) in [6.07, 6.45) is 1.50. The number of aryl methyl sites for hydroxylation is 1. The fourth-order valence-electron chi connectivity index (χ4n) is 4.48. The summed E-state index contributed by atoms with van der Waals surface area (Å²) in [6.45, 7) is 9.19. The molecule has 2 heterocycles. The van der Waals surface area contributed by atoms with Gasteiger partial charge in [-0.15, -0.1) is 0 Å². The van der Waals surface area contributed by atoms with E-state index in [1.807, 2.05) is 25.1 Å². The maximum absolute atomic E-state index is 13.1. The third kappa shape index (κ3) is 5.36. The number of amides is 1. The molecule has 1 unspecified atom stereocenters. The Morgan fingerprint density at radius 3 is 2.44 bits per heavy atom. The molecular formula is C29H32N2O5. The molecule has 7 heteroatoms. The number of furan rings is 1.